The lowest BCUT2D eigenvalue weighted by molar-refractivity contribution is 0.651. The van der Waals surface area contributed by atoms with E-state index in [4.69, 9.17) is 0 Å². The van der Waals surface area contributed by atoms with Gasteiger partial charge in [0.05, 0.1) is 5.41 Å². The second kappa shape index (κ2) is 6.58. The lowest BCUT2D eigenvalue weighted by atomic mass is 9.65. The fraction of sp³-hybridized carbons (Fsp3) is 0.0909. The van der Waals surface area contributed by atoms with Gasteiger partial charge in [-0.3, -0.25) is 0 Å². The number of hydrogen-bond acceptors (Lipinski definition) is 0. The minimum Gasteiger partial charge on any atom is -0.0613 e. The molecule has 2 aliphatic rings. The van der Waals surface area contributed by atoms with Crippen molar-refractivity contribution >= 4 is 48.2 Å². The first-order valence-corrected chi connectivity index (χ1v) is 12.8. The molecular weight excluding hydrogens is 476 g/mol. The van der Waals surface area contributed by atoms with E-state index >= 15 is 0 Å². The SMILES string of the molecule is Brc1ccc2c3c(cccc13)CC21c2cccc3cccc(c23)Cc2cccc3cccc1c23. The van der Waals surface area contributed by atoms with Crippen LogP contribution in [0.25, 0.3) is 32.3 Å². The number of rotatable bonds is 0. The molecule has 34 heavy (non-hydrogen) atoms. The summed E-state index contributed by atoms with van der Waals surface area (Å²) in [6.07, 6.45) is 1.94. The fourth-order valence-corrected chi connectivity index (χ4v) is 7.47. The van der Waals surface area contributed by atoms with Crippen molar-refractivity contribution in [2.45, 2.75) is 18.3 Å². The molecule has 6 aromatic rings. The predicted molar refractivity (Wildman–Crippen MR) is 146 cm³/mol. The third-order valence-corrected chi connectivity index (χ3v) is 8.96. The minimum absolute atomic E-state index is 0.228. The number of fused-ring (bicyclic) bond motifs is 3. The van der Waals surface area contributed by atoms with Crippen LogP contribution >= 0.6 is 15.9 Å². The molecule has 0 amide bonds. The van der Waals surface area contributed by atoms with E-state index in [1.165, 1.54) is 70.2 Å². The van der Waals surface area contributed by atoms with Gasteiger partial charge in [0.25, 0.3) is 0 Å². The Morgan fingerprint density at radius 1 is 0.500 bits per heavy atom. The van der Waals surface area contributed by atoms with Crippen molar-refractivity contribution in [3.8, 4) is 0 Å². The Kier molecular flexibility index (Phi) is 3.67. The van der Waals surface area contributed by atoms with Crippen LogP contribution in [-0.4, -0.2) is 0 Å². The van der Waals surface area contributed by atoms with Gasteiger partial charge in [0.1, 0.15) is 0 Å². The molecule has 2 aliphatic carbocycles. The van der Waals surface area contributed by atoms with Gasteiger partial charge in [-0.1, -0.05) is 113 Å². The van der Waals surface area contributed by atoms with E-state index in [0.717, 1.165) is 12.8 Å². The van der Waals surface area contributed by atoms with Crippen LogP contribution < -0.4 is 0 Å². The van der Waals surface area contributed by atoms with Crippen molar-refractivity contribution in [2.75, 3.05) is 0 Å². The maximum absolute atomic E-state index is 3.84. The maximum Gasteiger partial charge on any atom is 0.0510 e. The van der Waals surface area contributed by atoms with E-state index in [-0.39, 0.29) is 5.41 Å². The Bertz CT molecular complexity index is 1730. The van der Waals surface area contributed by atoms with E-state index in [2.05, 4.69) is 119 Å². The Morgan fingerprint density at radius 2 is 1.03 bits per heavy atom. The second-order valence-corrected chi connectivity index (χ2v) is 10.7. The largest absolute Gasteiger partial charge is 0.0613 e. The molecule has 0 aliphatic heterocycles. The Hall–Kier alpha value is -3.42. The van der Waals surface area contributed by atoms with Gasteiger partial charge in [0.2, 0.25) is 0 Å². The maximum atomic E-state index is 3.84. The van der Waals surface area contributed by atoms with Crippen LogP contribution in [0.5, 0.6) is 0 Å². The third-order valence-electron chi connectivity index (χ3n) is 8.27. The summed E-state index contributed by atoms with van der Waals surface area (Å²) in [5.41, 5.74) is 8.41. The molecule has 0 heterocycles. The molecular formula is C33H21Br. The van der Waals surface area contributed by atoms with Gasteiger partial charge in [-0.2, -0.15) is 0 Å². The molecule has 1 spiro atoms. The average Bonchev–Trinajstić information content (AvgIpc) is 3.21. The minimum atomic E-state index is -0.228. The molecule has 0 fully saturated rings. The lowest BCUT2D eigenvalue weighted by Gasteiger charge is -2.37. The van der Waals surface area contributed by atoms with Gasteiger partial charge in [0, 0.05) is 4.47 Å². The highest BCUT2D eigenvalue weighted by molar-refractivity contribution is 9.10. The molecule has 6 aromatic carbocycles. The molecule has 0 radical (unpaired) electrons. The molecule has 8 rings (SSSR count). The van der Waals surface area contributed by atoms with Gasteiger partial charge in [-0.15, -0.1) is 0 Å². The van der Waals surface area contributed by atoms with Crippen molar-refractivity contribution in [1.29, 1.82) is 0 Å². The van der Waals surface area contributed by atoms with E-state index in [1.54, 1.807) is 0 Å². The van der Waals surface area contributed by atoms with Crippen molar-refractivity contribution < 1.29 is 0 Å². The van der Waals surface area contributed by atoms with Crippen molar-refractivity contribution in [1.82, 2.24) is 0 Å². The van der Waals surface area contributed by atoms with E-state index in [0.29, 0.717) is 0 Å². The highest BCUT2D eigenvalue weighted by Gasteiger charge is 2.45. The van der Waals surface area contributed by atoms with Gasteiger partial charge >= 0.3 is 0 Å². The fourth-order valence-electron chi connectivity index (χ4n) is 7.00. The third kappa shape index (κ3) is 2.24. The molecule has 0 N–H and O–H groups in total. The summed E-state index contributed by atoms with van der Waals surface area (Å²) in [5, 5.41) is 8.27. The molecule has 0 unspecified atom stereocenters. The average molecular weight is 497 g/mol. The van der Waals surface area contributed by atoms with Crippen LogP contribution in [-0.2, 0) is 18.3 Å². The standard InChI is InChI=1S/C33H21Br/c34-29-17-16-28-32-24(12-3-13-25(29)32)19-33(28)26-14-4-8-20-6-1-10-22(30(20)26)18-23-11-2-7-21-9-5-15-27(33)31(21)23/h1-17H,18-19H2. The molecule has 0 aromatic heterocycles. The zero-order valence-electron chi connectivity index (χ0n) is 18.6. The predicted octanol–water partition coefficient (Wildman–Crippen LogP) is 8.70. The van der Waals surface area contributed by atoms with Crippen LogP contribution in [0.1, 0.15) is 33.4 Å². The van der Waals surface area contributed by atoms with Gasteiger partial charge in [-0.05, 0) is 84.6 Å². The van der Waals surface area contributed by atoms with Gasteiger partial charge in [-0.25, -0.2) is 0 Å². The highest BCUT2D eigenvalue weighted by atomic mass is 79.9. The zero-order chi connectivity index (χ0) is 22.4. The highest BCUT2D eigenvalue weighted by Crippen LogP contribution is 2.55. The van der Waals surface area contributed by atoms with Crippen molar-refractivity contribution in [3.05, 3.63) is 141 Å². The number of benzene rings is 6. The Balaban J connectivity index is 1.65. The summed E-state index contributed by atoms with van der Waals surface area (Å²) >= 11 is 3.84. The summed E-state index contributed by atoms with van der Waals surface area (Å²) in [4.78, 5) is 0. The molecule has 1 heteroatoms. The first-order chi connectivity index (χ1) is 16.8. The van der Waals surface area contributed by atoms with Crippen LogP contribution in [0.2, 0.25) is 0 Å². The van der Waals surface area contributed by atoms with E-state index in [1.807, 2.05) is 0 Å². The molecule has 0 bridgehead atoms. The summed E-state index contributed by atoms with van der Waals surface area (Å²) in [6.45, 7) is 0. The first kappa shape index (κ1) is 18.9. The smallest absolute Gasteiger partial charge is 0.0510 e. The van der Waals surface area contributed by atoms with Crippen molar-refractivity contribution in [3.63, 3.8) is 0 Å². The summed E-state index contributed by atoms with van der Waals surface area (Å²) < 4.78 is 1.17. The van der Waals surface area contributed by atoms with E-state index in [9.17, 15) is 0 Å². The Labute approximate surface area is 207 Å². The molecule has 0 atom stereocenters. The topological polar surface area (TPSA) is 0 Å². The lowest BCUT2D eigenvalue weighted by Crippen LogP contribution is -2.30. The normalized spacial score (nSPS) is 15.2. The first-order valence-electron chi connectivity index (χ1n) is 12.0. The molecule has 0 saturated carbocycles. The quantitative estimate of drug-likeness (QED) is 0.197. The number of hydrogen-bond donors (Lipinski definition) is 0. The second-order valence-electron chi connectivity index (χ2n) is 9.84. The van der Waals surface area contributed by atoms with Crippen LogP contribution in [0, 0.1) is 0 Å². The Morgan fingerprint density at radius 3 is 1.68 bits per heavy atom. The van der Waals surface area contributed by atoms with E-state index < -0.39 is 0 Å². The monoisotopic (exact) mass is 496 g/mol. The summed E-state index contributed by atoms with van der Waals surface area (Å²) in [5.74, 6) is 0. The summed E-state index contributed by atoms with van der Waals surface area (Å²) in [7, 11) is 0. The van der Waals surface area contributed by atoms with Crippen LogP contribution in [0.15, 0.2) is 108 Å². The summed E-state index contributed by atoms with van der Waals surface area (Å²) in [6, 6.07) is 39.0. The van der Waals surface area contributed by atoms with Crippen molar-refractivity contribution in [2.24, 2.45) is 0 Å². The van der Waals surface area contributed by atoms with Gasteiger partial charge < -0.3 is 0 Å². The molecule has 0 saturated heterocycles. The van der Waals surface area contributed by atoms with Crippen LogP contribution in [0.4, 0.5) is 0 Å². The zero-order valence-corrected chi connectivity index (χ0v) is 20.2. The van der Waals surface area contributed by atoms with Crippen LogP contribution in [0.3, 0.4) is 0 Å². The molecule has 0 nitrogen and oxygen atoms in total. The molecule has 160 valence electrons. The number of halogens is 1. The van der Waals surface area contributed by atoms with Gasteiger partial charge in [0.15, 0.2) is 0 Å².